The zero-order valence-corrected chi connectivity index (χ0v) is 15.0. The van der Waals surface area contributed by atoms with Gasteiger partial charge in [-0.3, -0.25) is 14.5 Å². The molecule has 1 heterocycles. The Balaban J connectivity index is 2.00. The Morgan fingerprint density at radius 1 is 1.46 bits per heavy atom. The van der Waals surface area contributed by atoms with Crippen LogP contribution in [0.1, 0.15) is 5.56 Å². The second-order valence-electron chi connectivity index (χ2n) is 5.48. The van der Waals surface area contributed by atoms with Crippen LogP contribution in [0.15, 0.2) is 29.2 Å². The fourth-order valence-corrected chi connectivity index (χ4v) is 3.26. The molecule has 0 unspecified atom stereocenters. The summed E-state index contributed by atoms with van der Waals surface area (Å²) in [5.41, 5.74) is 0.575. The SMILES string of the molecule is CN(C)CCNC(=O)CN1C(=O)C(=Cc2cccc(F)c2)SC1=S. The van der Waals surface area contributed by atoms with Crippen LogP contribution >= 0.6 is 24.0 Å². The Bertz CT molecular complexity index is 692. The van der Waals surface area contributed by atoms with Crippen LogP contribution in [-0.4, -0.2) is 59.7 Å². The Morgan fingerprint density at radius 3 is 2.88 bits per heavy atom. The van der Waals surface area contributed by atoms with E-state index in [0.717, 1.165) is 11.8 Å². The number of hydrogen-bond donors (Lipinski definition) is 1. The van der Waals surface area contributed by atoms with Gasteiger partial charge in [0.25, 0.3) is 5.91 Å². The topological polar surface area (TPSA) is 52.7 Å². The summed E-state index contributed by atoms with van der Waals surface area (Å²) < 4.78 is 13.5. The first-order valence-corrected chi connectivity index (χ1v) is 8.51. The van der Waals surface area contributed by atoms with Crippen molar-refractivity contribution in [2.24, 2.45) is 0 Å². The van der Waals surface area contributed by atoms with Crippen LogP contribution in [-0.2, 0) is 9.59 Å². The summed E-state index contributed by atoms with van der Waals surface area (Å²) in [6.45, 7) is 1.10. The third-order valence-corrected chi connectivity index (χ3v) is 4.58. The molecular formula is C16H18FN3O2S2. The highest BCUT2D eigenvalue weighted by molar-refractivity contribution is 8.26. The summed E-state index contributed by atoms with van der Waals surface area (Å²) >= 11 is 6.29. The van der Waals surface area contributed by atoms with E-state index in [4.69, 9.17) is 12.2 Å². The zero-order chi connectivity index (χ0) is 17.7. The van der Waals surface area contributed by atoms with Gasteiger partial charge in [-0.1, -0.05) is 36.1 Å². The zero-order valence-electron chi connectivity index (χ0n) is 13.4. The summed E-state index contributed by atoms with van der Waals surface area (Å²) in [7, 11) is 3.82. The van der Waals surface area contributed by atoms with E-state index >= 15 is 0 Å². The fraction of sp³-hybridized carbons (Fsp3) is 0.312. The van der Waals surface area contributed by atoms with E-state index in [1.807, 2.05) is 19.0 Å². The number of likely N-dealkylation sites (N-methyl/N-ethyl adjacent to an activating group) is 1. The van der Waals surface area contributed by atoms with Crippen molar-refractivity contribution in [2.45, 2.75) is 0 Å². The molecule has 0 bridgehead atoms. The van der Waals surface area contributed by atoms with E-state index in [-0.39, 0.29) is 24.2 Å². The molecule has 0 aliphatic carbocycles. The Hall–Kier alpha value is -1.77. The molecule has 2 amide bonds. The first-order chi connectivity index (χ1) is 11.4. The number of rotatable bonds is 6. The average molecular weight is 367 g/mol. The van der Waals surface area contributed by atoms with Crippen molar-refractivity contribution in [3.8, 4) is 0 Å². The number of amides is 2. The number of thiocarbonyl (C=S) groups is 1. The number of nitrogens with one attached hydrogen (secondary N) is 1. The molecule has 0 saturated carbocycles. The first kappa shape index (κ1) is 18.6. The molecule has 1 aliphatic rings. The van der Waals surface area contributed by atoms with Crippen molar-refractivity contribution >= 4 is 46.2 Å². The average Bonchev–Trinajstić information content (AvgIpc) is 2.74. The van der Waals surface area contributed by atoms with Gasteiger partial charge in [0.1, 0.15) is 16.7 Å². The smallest absolute Gasteiger partial charge is 0.266 e. The molecule has 1 aliphatic heterocycles. The summed E-state index contributed by atoms with van der Waals surface area (Å²) in [5.74, 6) is -0.975. The summed E-state index contributed by atoms with van der Waals surface area (Å²) in [6, 6.07) is 5.94. The molecule has 1 aromatic carbocycles. The van der Waals surface area contributed by atoms with Crippen molar-refractivity contribution < 1.29 is 14.0 Å². The van der Waals surface area contributed by atoms with Crippen molar-refractivity contribution in [1.82, 2.24) is 15.1 Å². The van der Waals surface area contributed by atoms with E-state index in [1.165, 1.54) is 17.0 Å². The predicted octanol–water partition coefficient (Wildman–Crippen LogP) is 1.70. The molecule has 2 rings (SSSR count). The first-order valence-electron chi connectivity index (χ1n) is 7.29. The van der Waals surface area contributed by atoms with Crippen LogP contribution in [0.2, 0.25) is 0 Å². The second kappa shape index (κ2) is 8.36. The van der Waals surface area contributed by atoms with Gasteiger partial charge in [0.15, 0.2) is 0 Å². The fourth-order valence-electron chi connectivity index (χ4n) is 2.00. The molecule has 0 aromatic heterocycles. The molecule has 1 aromatic rings. The van der Waals surface area contributed by atoms with Crippen LogP contribution < -0.4 is 5.32 Å². The largest absolute Gasteiger partial charge is 0.353 e. The quantitative estimate of drug-likeness (QED) is 0.613. The van der Waals surface area contributed by atoms with E-state index in [2.05, 4.69) is 5.32 Å². The van der Waals surface area contributed by atoms with Gasteiger partial charge in [-0.2, -0.15) is 0 Å². The molecule has 0 spiro atoms. The van der Waals surface area contributed by atoms with Gasteiger partial charge in [-0.15, -0.1) is 0 Å². The maximum atomic E-state index is 13.2. The van der Waals surface area contributed by atoms with Gasteiger partial charge in [0, 0.05) is 13.1 Å². The lowest BCUT2D eigenvalue weighted by molar-refractivity contribution is -0.128. The molecule has 0 radical (unpaired) electrons. The van der Waals surface area contributed by atoms with Crippen molar-refractivity contribution in [3.63, 3.8) is 0 Å². The molecule has 1 fully saturated rings. The third-order valence-electron chi connectivity index (χ3n) is 3.20. The maximum Gasteiger partial charge on any atom is 0.266 e. The Kier molecular flexibility index (Phi) is 6.47. The monoisotopic (exact) mass is 367 g/mol. The molecule has 128 valence electrons. The van der Waals surface area contributed by atoms with Crippen molar-refractivity contribution in [2.75, 3.05) is 33.7 Å². The van der Waals surface area contributed by atoms with Gasteiger partial charge >= 0.3 is 0 Å². The third kappa shape index (κ3) is 5.12. The lowest BCUT2D eigenvalue weighted by Crippen LogP contribution is -2.41. The molecule has 1 saturated heterocycles. The molecule has 8 heteroatoms. The van der Waals surface area contributed by atoms with Crippen LogP contribution in [0.3, 0.4) is 0 Å². The van der Waals surface area contributed by atoms with Crippen LogP contribution in [0.5, 0.6) is 0 Å². The summed E-state index contributed by atoms with van der Waals surface area (Å²) in [5, 5.41) is 2.74. The highest BCUT2D eigenvalue weighted by atomic mass is 32.2. The van der Waals surface area contributed by atoms with Gasteiger partial charge in [0.2, 0.25) is 5.91 Å². The minimum absolute atomic E-state index is 0.113. The Labute approximate surface area is 149 Å². The van der Waals surface area contributed by atoms with Gasteiger partial charge in [-0.25, -0.2) is 4.39 Å². The van der Waals surface area contributed by atoms with Gasteiger partial charge in [-0.05, 0) is 37.9 Å². The molecular weight excluding hydrogens is 349 g/mol. The van der Waals surface area contributed by atoms with E-state index in [9.17, 15) is 14.0 Å². The maximum absolute atomic E-state index is 13.2. The van der Waals surface area contributed by atoms with Crippen LogP contribution in [0.25, 0.3) is 6.08 Å². The molecule has 0 atom stereocenters. The minimum atomic E-state index is -0.375. The van der Waals surface area contributed by atoms with Crippen LogP contribution in [0, 0.1) is 5.82 Å². The normalized spacial score (nSPS) is 16.3. The van der Waals surface area contributed by atoms with E-state index in [0.29, 0.717) is 27.9 Å². The summed E-state index contributed by atoms with van der Waals surface area (Å²) in [4.78, 5) is 27.9. The number of hydrogen-bond acceptors (Lipinski definition) is 5. The Morgan fingerprint density at radius 2 is 2.21 bits per heavy atom. The van der Waals surface area contributed by atoms with Gasteiger partial charge in [0.05, 0.1) is 4.91 Å². The minimum Gasteiger partial charge on any atom is -0.353 e. The number of carbonyl (C=O) groups excluding carboxylic acids is 2. The van der Waals surface area contributed by atoms with Crippen LogP contribution in [0.4, 0.5) is 4.39 Å². The number of nitrogens with zero attached hydrogens (tertiary/aromatic N) is 2. The highest BCUT2D eigenvalue weighted by Gasteiger charge is 2.33. The summed E-state index contributed by atoms with van der Waals surface area (Å²) in [6.07, 6.45) is 1.58. The van der Waals surface area contributed by atoms with E-state index < -0.39 is 0 Å². The highest BCUT2D eigenvalue weighted by Crippen LogP contribution is 2.32. The van der Waals surface area contributed by atoms with E-state index in [1.54, 1.807) is 18.2 Å². The molecule has 24 heavy (non-hydrogen) atoms. The second-order valence-corrected chi connectivity index (χ2v) is 7.15. The number of carbonyl (C=O) groups is 2. The van der Waals surface area contributed by atoms with Crippen molar-refractivity contribution in [1.29, 1.82) is 0 Å². The number of benzene rings is 1. The standard InChI is InChI=1S/C16H18FN3O2S2/c1-19(2)7-6-18-14(21)10-20-15(22)13(24-16(20)23)9-11-4-3-5-12(17)8-11/h3-5,8-9H,6-7,10H2,1-2H3,(H,18,21). The number of thioether (sulfide) groups is 1. The van der Waals surface area contributed by atoms with Crippen molar-refractivity contribution in [3.05, 3.63) is 40.6 Å². The van der Waals surface area contributed by atoms with Gasteiger partial charge < -0.3 is 10.2 Å². The number of halogens is 1. The lowest BCUT2D eigenvalue weighted by atomic mass is 10.2. The predicted molar refractivity (Wildman–Crippen MR) is 97.8 cm³/mol. The molecule has 1 N–H and O–H groups in total. The lowest BCUT2D eigenvalue weighted by Gasteiger charge is -2.15. The molecule has 5 nitrogen and oxygen atoms in total.